The molecule has 4 aromatic carbocycles. The molecule has 2 aromatic heterocycles. The number of carbonyl (C=O) groups is 1. The maximum Gasteiger partial charge on any atom is 0.280 e. The Morgan fingerprint density at radius 1 is 0.800 bits per heavy atom. The Labute approximate surface area is 231 Å². The van der Waals surface area contributed by atoms with E-state index in [1.807, 2.05) is 110 Å². The number of anilines is 1. The van der Waals surface area contributed by atoms with Crippen LogP contribution in [0.25, 0.3) is 27.8 Å². The van der Waals surface area contributed by atoms with Crippen molar-refractivity contribution in [1.29, 1.82) is 0 Å². The molecule has 1 aliphatic rings. The summed E-state index contributed by atoms with van der Waals surface area (Å²) in [5.41, 5.74) is 8.30. The zero-order chi connectivity index (χ0) is 27.4. The maximum absolute atomic E-state index is 14.4. The van der Waals surface area contributed by atoms with Crippen molar-refractivity contribution < 1.29 is 4.79 Å². The second-order valence-electron chi connectivity index (χ2n) is 10.5. The molecule has 2 N–H and O–H groups in total. The van der Waals surface area contributed by atoms with E-state index >= 15 is 0 Å². The number of H-pyrrole nitrogens is 2. The van der Waals surface area contributed by atoms with E-state index in [-0.39, 0.29) is 11.5 Å². The molecular weight excluding hydrogens is 496 g/mol. The molecule has 0 saturated carbocycles. The Kier molecular flexibility index (Phi) is 5.56. The summed E-state index contributed by atoms with van der Waals surface area (Å²) >= 11 is 0. The van der Waals surface area contributed by atoms with Crippen LogP contribution in [0, 0.1) is 13.8 Å². The largest absolute Gasteiger partial charge is 0.354 e. The zero-order valence-electron chi connectivity index (χ0n) is 22.3. The van der Waals surface area contributed by atoms with Gasteiger partial charge < -0.3 is 9.88 Å². The van der Waals surface area contributed by atoms with Crippen molar-refractivity contribution in [3.63, 3.8) is 0 Å². The molecule has 1 aliphatic heterocycles. The van der Waals surface area contributed by atoms with Gasteiger partial charge in [-0.2, -0.15) is 0 Å². The third kappa shape index (κ3) is 3.72. The van der Waals surface area contributed by atoms with E-state index in [2.05, 4.69) is 22.2 Å². The van der Waals surface area contributed by atoms with Crippen molar-refractivity contribution in [2.75, 3.05) is 4.90 Å². The van der Waals surface area contributed by atoms with Crippen LogP contribution >= 0.6 is 0 Å². The average Bonchev–Trinajstić information content (AvgIpc) is 3.57. The predicted octanol–water partition coefficient (Wildman–Crippen LogP) is 6.61. The summed E-state index contributed by atoms with van der Waals surface area (Å²) in [6.07, 6.45) is 0. The zero-order valence-corrected chi connectivity index (χ0v) is 22.3. The number of para-hydroxylation sites is 2. The second-order valence-corrected chi connectivity index (χ2v) is 10.5. The molecule has 1 amide bonds. The van der Waals surface area contributed by atoms with E-state index in [0.29, 0.717) is 17.8 Å². The smallest absolute Gasteiger partial charge is 0.280 e. The minimum atomic E-state index is -0.552. The molecule has 1 atom stereocenters. The first kappa shape index (κ1) is 24.0. The number of nitrogens with one attached hydrogen (secondary N) is 2. The fraction of sp³-hybridized carbons (Fsp3) is 0.118. The number of fused-ring (bicyclic) bond motifs is 2. The third-order valence-corrected chi connectivity index (χ3v) is 7.85. The van der Waals surface area contributed by atoms with Crippen LogP contribution in [0.2, 0.25) is 0 Å². The van der Waals surface area contributed by atoms with E-state index in [1.165, 1.54) is 0 Å². The summed E-state index contributed by atoms with van der Waals surface area (Å²) in [7, 11) is 0. The number of amides is 1. The van der Waals surface area contributed by atoms with Gasteiger partial charge in [0, 0.05) is 27.8 Å². The number of carbonyl (C=O) groups excluding carboxylic acids is 1. The highest BCUT2D eigenvalue weighted by Gasteiger charge is 2.41. The molecule has 0 aliphatic carbocycles. The molecule has 6 nitrogen and oxygen atoms in total. The van der Waals surface area contributed by atoms with Gasteiger partial charge in [0.05, 0.1) is 29.4 Å². The molecule has 0 fully saturated rings. The molecule has 0 bridgehead atoms. The van der Waals surface area contributed by atoms with E-state index < -0.39 is 5.92 Å². The van der Waals surface area contributed by atoms with Crippen LogP contribution in [-0.4, -0.2) is 20.7 Å². The standard InChI is InChI=1S/C34H28N4O2/c1-21-17-18-28-26(19-21)31(33(39)37(28)20-23-11-5-3-6-12-23)30-25-15-9-10-16-27(25)35-32(30)29-22(2)36-38(34(29)40)24-13-7-4-8-14-24/h3-19,31,35-36H,20H2,1-2H3. The van der Waals surface area contributed by atoms with Crippen LogP contribution in [0.3, 0.4) is 0 Å². The van der Waals surface area contributed by atoms with Crippen molar-refractivity contribution in [2.45, 2.75) is 26.3 Å². The summed E-state index contributed by atoms with van der Waals surface area (Å²) in [5, 5.41) is 4.20. The summed E-state index contributed by atoms with van der Waals surface area (Å²) in [6.45, 7) is 4.43. The molecule has 196 valence electrons. The molecule has 3 heterocycles. The Bertz CT molecular complexity index is 1950. The molecule has 0 radical (unpaired) electrons. The first-order valence-electron chi connectivity index (χ1n) is 13.4. The normalized spacial score (nSPS) is 14.7. The van der Waals surface area contributed by atoms with Gasteiger partial charge in [-0.05, 0) is 49.2 Å². The van der Waals surface area contributed by atoms with E-state index in [0.717, 1.165) is 50.2 Å². The minimum Gasteiger partial charge on any atom is -0.354 e. The lowest BCUT2D eigenvalue weighted by Crippen LogP contribution is -2.28. The molecular formula is C34H28N4O2. The molecule has 0 spiro atoms. The molecule has 1 unspecified atom stereocenters. The molecule has 40 heavy (non-hydrogen) atoms. The van der Waals surface area contributed by atoms with Crippen LogP contribution in [0.4, 0.5) is 5.69 Å². The van der Waals surface area contributed by atoms with Gasteiger partial charge in [0.2, 0.25) is 5.91 Å². The van der Waals surface area contributed by atoms with Crippen LogP contribution in [-0.2, 0) is 11.3 Å². The Morgan fingerprint density at radius 2 is 1.50 bits per heavy atom. The van der Waals surface area contributed by atoms with Gasteiger partial charge >= 0.3 is 0 Å². The SMILES string of the molecule is Cc1ccc2c(c1)C(c1c(-c3c(C)[nH]n(-c4ccccc4)c3=O)[nH]c3ccccc13)C(=O)N2Cc1ccccc1. The maximum atomic E-state index is 14.4. The van der Waals surface area contributed by atoms with E-state index in [9.17, 15) is 9.59 Å². The van der Waals surface area contributed by atoms with E-state index in [4.69, 9.17) is 0 Å². The quantitative estimate of drug-likeness (QED) is 0.266. The van der Waals surface area contributed by atoms with Crippen molar-refractivity contribution in [1.82, 2.24) is 14.8 Å². The number of aromatic nitrogens is 3. The highest BCUT2D eigenvalue weighted by molar-refractivity contribution is 6.10. The molecule has 6 aromatic rings. The van der Waals surface area contributed by atoms with Crippen LogP contribution in [0.5, 0.6) is 0 Å². The number of rotatable bonds is 5. The summed E-state index contributed by atoms with van der Waals surface area (Å²) in [4.78, 5) is 33.8. The highest BCUT2D eigenvalue weighted by Crippen LogP contribution is 2.47. The van der Waals surface area contributed by atoms with Gasteiger partial charge in [-0.15, -0.1) is 0 Å². The Hall–Kier alpha value is -5.10. The number of aryl methyl sites for hydroxylation is 2. The van der Waals surface area contributed by atoms with Crippen molar-refractivity contribution in [3.8, 4) is 16.9 Å². The van der Waals surface area contributed by atoms with Gasteiger partial charge in [0.15, 0.2) is 0 Å². The predicted molar refractivity (Wildman–Crippen MR) is 159 cm³/mol. The van der Waals surface area contributed by atoms with Gasteiger partial charge in [-0.3, -0.25) is 14.7 Å². The molecule has 0 saturated heterocycles. The van der Waals surface area contributed by atoms with Gasteiger partial charge in [-0.1, -0.05) is 84.4 Å². The lowest BCUT2D eigenvalue weighted by molar-refractivity contribution is -0.118. The second kappa shape index (κ2) is 9.27. The average molecular weight is 525 g/mol. The first-order chi connectivity index (χ1) is 19.5. The van der Waals surface area contributed by atoms with E-state index in [1.54, 1.807) is 4.68 Å². The number of nitrogens with zero attached hydrogens (tertiary/aromatic N) is 2. The number of hydrogen-bond acceptors (Lipinski definition) is 2. The topological polar surface area (TPSA) is 73.9 Å². The monoisotopic (exact) mass is 524 g/mol. The van der Waals surface area contributed by atoms with Gasteiger partial charge in [-0.25, -0.2) is 4.68 Å². The van der Waals surface area contributed by atoms with Crippen molar-refractivity contribution >= 4 is 22.5 Å². The molecule has 7 rings (SSSR count). The van der Waals surface area contributed by atoms with Crippen LogP contribution in [0.15, 0.2) is 108 Å². The fourth-order valence-corrected chi connectivity index (χ4v) is 6.03. The third-order valence-electron chi connectivity index (χ3n) is 7.85. The number of hydrogen-bond donors (Lipinski definition) is 2. The highest BCUT2D eigenvalue weighted by atomic mass is 16.2. The number of benzene rings is 4. The summed E-state index contributed by atoms with van der Waals surface area (Å²) in [5.74, 6) is -0.546. The van der Waals surface area contributed by atoms with Crippen molar-refractivity contribution in [3.05, 3.63) is 141 Å². The lowest BCUT2D eigenvalue weighted by Gasteiger charge is -2.18. The van der Waals surface area contributed by atoms with Gasteiger partial charge in [0.25, 0.3) is 5.56 Å². The van der Waals surface area contributed by atoms with Crippen LogP contribution in [0.1, 0.15) is 33.9 Å². The van der Waals surface area contributed by atoms with Gasteiger partial charge in [0.1, 0.15) is 0 Å². The first-order valence-corrected chi connectivity index (χ1v) is 13.4. The van der Waals surface area contributed by atoms with Crippen molar-refractivity contribution in [2.24, 2.45) is 0 Å². The number of aromatic amines is 2. The summed E-state index contributed by atoms with van der Waals surface area (Å²) < 4.78 is 1.57. The Balaban J connectivity index is 1.46. The lowest BCUT2D eigenvalue weighted by atomic mass is 9.88. The fourth-order valence-electron chi connectivity index (χ4n) is 6.03. The Morgan fingerprint density at radius 3 is 2.27 bits per heavy atom. The molecule has 6 heteroatoms. The summed E-state index contributed by atoms with van der Waals surface area (Å²) in [6, 6.07) is 33.8. The van der Waals surface area contributed by atoms with Crippen LogP contribution < -0.4 is 10.5 Å². The minimum absolute atomic E-state index is 0.00651.